The molecule has 0 aromatic heterocycles. The molecule has 4 nitrogen and oxygen atoms in total. The van der Waals surface area contributed by atoms with Crippen molar-refractivity contribution >= 4 is 0 Å². The average molecular weight is 266 g/mol. The van der Waals surface area contributed by atoms with Crippen molar-refractivity contribution in [2.45, 2.75) is 19.4 Å². The van der Waals surface area contributed by atoms with E-state index in [0.717, 1.165) is 31.5 Å². The molecule has 1 aromatic carbocycles. The highest BCUT2D eigenvalue weighted by Crippen LogP contribution is 2.32. The van der Waals surface area contributed by atoms with E-state index in [4.69, 9.17) is 4.74 Å². The van der Waals surface area contributed by atoms with E-state index in [9.17, 15) is 5.11 Å². The first kappa shape index (κ1) is 15.8. The molecule has 0 saturated carbocycles. The van der Waals surface area contributed by atoms with E-state index >= 15 is 0 Å². The van der Waals surface area contributed by atoms with Crippen LogP contribution in [0.5, 0.6) is 11.5 Å². The number of aromatic hydroxyl groups is 1. The van der Waals surface area contributed by atoms with Gasteiger partial charge in [0.1, 0.15) is 0 Å². The summed E-state index contributed by atoms with van der Waals surface area (Å²) in [7, 11) is 9.78. The molecule has 1 aromatic rings. The Kier molecular flexibility index (Phi) is 6.12. The van der Waals surface area contributed by atoms with Gasteiger partial charge in [0.25, 0.3) is 0 Å². The fourth-order valence-corrected chi connectivity index (χ4v) is 2.12. The van der Waals surface area contributed by atoms with E-state index in [1.165, 1.54) is 5.56 Å². The molecular formula is C15H26N2O2. The van der Waals surface area contributed by atoms with Crippen molar-refractivity contribution in [1.82, 2.24) is 9.80 Å². The predicted molar refractivity (Wildman–Crippen MR) is 78.9 cm³/mol. The van der Waals surface area contributed by atoms with Crippen molar-refractivity contribution < 1.29 is 9.84 Å². The average Bonchev–Trinajstić information content (AvgIpc) is 2.31. The van der Waals surface area contributed by atoms with Crippen LogP contribution < -0.4 is 4.74 Å². The second-order valence-electron chi connectivity index (χ2n) is 5.45. The summed E-state index contributed by atoms with van der Waals surface area (Å²) in [5.41, 5.74) is 2.14. The summed E-state index contributed by atoms with van der Waals surface area (Å²) in [6.45, 7) is 1.86. The number of hydrogen-bond donors (Lipinski definition) is 1. The van der Waals surface area contributed by atoms with Crippen LogP contribution in [0.25, 0.3) is 0 Å². The molecular weight excluding hydrogens is 240 g/mol. The molecule has 0 bridgehead atoms. The molecule has 0 saturated heterocycles. The standard InChI is InChI=1S/C15H26N2O2/c1-16(2)8-6-7-13-9-12(11-17(3)4)10-14(19-5)15(13)18/h9-10,18H,6-8,11H2,1-5H3. The predicted octanol–water partition coefficient (Wildman–Crippen LogP) is 1.96. The van der Waals surface area contributed by atoms with E-state index in [1.807, 2.05) is 20.2 Å². The minimum atomic E-state index is 0.281. The van der Waals surface area contributed by atoms with Crippen LogP contribution in [0, 0.1) is 0 Å². The third-order valence-corrected chi connectivity index (χ3v) is 2.98. The van der Waals surface area contributed by atoms with Crippen molar-refractivity contribution in [2.75, 3.05) is 41.8 Å². The molecule has 0 unspecified atom stereocenters. The second-order valence-corrected chi connectivity index (χ2v) is 5.45. The van der Waals surface area contributed by atoms with Crippen LogP contribution in [0.1, 0.15) is 17.5 Å². The van der Waals surface area contributed by atoms with Crippen LogP contribution in [0.4, 0.5) is 0 Å². The molecule has 0 heterocycles. The van der Waals surface area contributed by atoms with E-state index < -0.39 is 0 Å². The molecule has 1 rings (SSSR count). The van der Waals surface area contributed by atoms with Gasteiger partial charge in [-0.25, -0.2) is 0 Å². The number of phenolic OH excluding ortho intramolecular Hbond substituents is 1. The quantitative estimate of drug-likeness (QED) is 0.818. The zero-order valence-corrected chi connectivity index (χ0v) is 12.7. The molecule has 0 atom stereocenters. The first-order valence-electron chi connectivity index (χ1n) is 6.62. The first-order valence-corrected chi connectivity index (χ1v) is 6.62. The fraction of sp³-hybridized carbons (Fsp3) is 0.600. The van der Waals surface area contributed by atoms with Gasteiger partial charge < -0.3 is 19.6 Å². The maximum absolute atomic E-state index is 10.2. The molecule has 0 radical (unpaired) electrons. The Labute approximate surface area is 116 Å². The minimum absolute atomic E-state index is 0.281. The summed E-state index contributed by atoms with van der Waals surface area (Å²) in [5.74, 6) is 0.850. The van der Waals surface area contributed by atoms with Gasteiger partial charge in [-0.15, -0.1) is 0 Å². The molecule has 1 N–H and O–H groups in total. The van der Waals surface area contributed by atoms with Crippen molar-refractivity contribution in [2.24, 2.45) is 0 Å². The monoisotopic (exact) mass is 266 g/mol. The van der Waals surface area contributed by atoms with Gasteiger partial charge in [0, 0.05) is 6.54 Å². The van der Waals surface area contributed by atoms with E-state index in [0.29, 0.717) is 5.75 Å². The molecule has 0 amide bonds. The van der Waals surface area contributed by atoms with Gasteiger partial charge in [-0.3, -0.25) is 0 Å². The van der Waals surface area contributed by atoms with Gasteiger partial charge in [0.2, 0.25) is 0 Å². The Morgan fingerprint density at radius 1 is 1.11 bits per heavy atom. The number of methoxy groups -OCH3 is 1. The van der Waals surface area contributed by atoms with Gasteiger partial charge in [0.15, 0.2) is 11.5 Å². The van der Waals surface area contributed by atoms with Crippen LogP contribution in [0.15, 0.2) is 12.1 Å². The molecule has 19 heavy (non-hydrogen) atoms. The molecule has 0 spiro atoms. The summed E-state index contributed by atoms with van der Waals surface area (Å²) in [6, 6.07) is 3.98. The largest absolute Gasteiger partial charge is 0.504 e. The summed E-state index contributed by atoms with van der Waals surface area (Å²) in [4.78, 5) is 4.26. The second kappa shape index (κ2) is 7.36. The van der Waals surface area contributed by atoms with E-state index in [-0.39, 0.29) is 5.75 Å². The van der Waals surface area contributed by atoms with Gasteiger partial charge in [-0.1, -0.05) is 6.07 Å². The number of hydrogen-bond acceptors (Lipinski definition) is 4. The molecule has 4 heteroatoms. The Morgan fingerprint density at radius 3 is 2.32 bits per heavy atom. The van der Waals surface area contributed by atoms with Crippen molar-refractivity contribution in [3.63, 3.8) is 0 Å². The van der Waals surface area contributed by atoms with E-state index in [2.05, 4.69) is 30.0 Å². The number of benzene rings is 1. The van der Waals surface area contributed by atoms with Crippen molar-refractivity contribution in [3.05, 3.63) is 23.3 Å². The Hall–Kier alpha value is -1.26. The summed E-state index contributed by atoms with van der Waals surface area (Å²) < 4.78 is 5.26. The number of aryl methyl sites for hydroxylation is 1. The summed E-state index contributed by atoms with van der Waals surface area (Å²) in [5, 5.41) is 10.2. The lowest BCUT2D eigenvalue weighted by atomic mass is 10.0. The number of nitrogens with zero attached hydrogens (tertiary/aromatic N) is 2. The molecule has 0 aliphatic carbocycles. The Morgan fingerprint density at radius 2 is 1.79 bits per heavy atom. The maximum atomic E-state index is 10.2. The smallest absolute Gasteiger partial charge is 0.161 e. The minimum Gasteiger partial charge on any atom is -0.504 e. The third kappa shape index (κ3) is 5.09. The Bertz CT molecular complexity index is 403. The lowest BCUT2D eigenvalue weighted by Gasteiger charge is -2.16. The van der Waals surface area contributed by atoms with E-state index in [1.54, 1.807) is 7.11 Å². The normalized spacial score (nSPS) is 11.3. The Balaban J connectivity index is 2.87. The van der Waals surface area contributed by atoms with Crippen LogP contribution in [0.3, 0.4) is 0 Å². The first-order chi connectivity index (χ1) is 8.93. The lowest BCUT2D eigenvalue weighted by molar-refractivity contribution is 0.363. The zero-order valence-electron chi connectivity index (χ0n) is 12.7. The van der Waals surface area contributed by atoms with Crippen LogP contribution in [-0.2, 0) is 13.0 Å². The zero-order chi connectivity index (χ0) is 14.4. The number of rotatable bonds is 7. The third-order valence-electron chi connectivity index (χ3n) is 2.98. The van der Waals surface area contributed by atoms with Gasteiger partial charge >= 0.3 is 0 Å². The number of phenols is 1. The summed E-state index contributed by atoms with van der Waals surface area (Å²) >= 11 is 0. The SMILES string of the molecule is COc1cc(CN(C)C)cc(CCCN(C)C)c1O. The van der Waals surface area contributed by atoms with Gasteiger partial charge in [-0.2, -0.15) is 0 Å². The highest BCUT2D eigenvalue weighted by molar-refractivity contribution is 5.48. The fourth-order valence-electron chi connectivity index (χ4n) is 2.12. The van der Waals surface area contributed by atoms with Crippen molar-refractivity contribution in [3.8, 4) is 11.5 Å². The van der Waals surface area contributed by atoms with Crippen LogP contribution in [-0.4, -0.2) is 56.8 Å². The highest BCUT2D eigenvalue weighted by atomic mass is 16.5. The topological polar surface area (TPSA) is 35.9 Å². The molecule has 0 aliphatic heterocycles. The summed E-state index contributed by atoms with van der Waals surface area (Å²) in [6.07, 6.45) is 1.89. The molecule has 0 aliphatic rings. The van der Waals surface area contributed by atoms with Crippen molar-refractivity contribution in [1.29, 1.82) is 0 Å². The highest BCUT2D eigenvalue weighted by Gasteiger charge is 2.11. The van der Waals surface area contributed by atoms with Crippen LogP contribution in [0.2, 0.25) is 0 Å². The van der Waals surface area contributed by atoms with Gasteiger partial charge in [0.05, 0.1) is 7.11 Å². The molecule has 0 fully saturated rings. The number of ether oxygens (including phenoxy) is 1. The lowest BCUT2D eigenvalue weighted by Crippen LogP contribution is -2.14. The molecule has 108 valence electrons. The van der Waals surface area contributed by atoms with Crippen LogP contribution >= 0.6 is 0 Å². The van der Waals surface area contributed by atoms with Gasteiger partial charge in [-0.05, 0) is 64.8 Å². The maximum Gasteiger partial charge on any atom is 0.161 e.